The second-order valence-corrected chi connectivity index (χ2v) is 6.38. The van der Waals surface area contributed by atoms with Gasteiger partial charge in [-0.15, -0.1) is 0 Å². The molecule has 0 aliphatic carbocycles. The Morgan fingerprint density at radius 3 is 2.35 bits per heavy atom. The Morgan fingerprint density at radius 1 is 0.962 bits per heavy atom. The van der Waals surface area contributed by atoms with Crippen molar-refractivity contribution >= 4 is 28.7 Å². The molecule has 0 aliphatic heterocycles. The molecule has 3 aromatic rings. The normalized spacial score (nSPS) is 11.3. The third-order valence-corrected chi connectivity index (χ3v) is 4.31. The molecule has 0 saturated carbocycles. The molecular weight excluding hydrogens is 322 g/mol. The number of nitrogens with one attached hydrogen (secondary N) is 1. The van der Waals surface area contributed by atoms with Crippen molar-refractivity contribution in [3.63, 3.8) is 0 Å². The summed E-state index contributed by atoms with van der Waals surface area (Å²) in [5, 5.41) is 0.612. The van der Waals surface area contributed by atoms with Crippen molar-refractivity contribution in [2.75, 3.05) is 18.0 Å². The zero-order valence-electron chi connectivity index (χ0n) is 15.4. The van der Waals surface area contributed by atoms with Crippen LogP contribution in [-0.2, 0) is 0 Å². The van der Waals surface area contributed by atoms with E-state index < -0.39 is 0 Å². The number of hydrogen-bond donors (Lipinski definition) is 1. The van der Waals surface area contributed by atoms with Crippen molar-refractivity contribution in [1.29, 1.82) is 0 Å². The molecule has 26 heavy (non-hydrogen) atoms. The van der Waals surface area contributed by atoms with Gasteiger partial charge in [-0.05, 0) is 48.7 Å². The number of rotatable bonds is 7. The third-order valence-electron chi connectivity index (χ3n) is 4.31. The van der Waals surface area contributed by atoms with E-state index in [0.29, 0.717) is 16.7 Å². The van der Waals surface area contributed by atoms with E-state index in [1.54, 1.807) is 6.07 Å². The summed E-state index contributed by atoms with van der Waals surface area (Å²) in [7, 11) is 0. The number of aromatic nitrogens is 2. The Balaban J connectivity index is 1.79. The molecule has 0 bridgehead atoms. The van der Waals surface area contributed by atoms with Gasteiger partial charge in [0.2, 0.25) is 0 Å². The molecule has 0 unspecified atom stereocenters. The molecule has 0 spiro atoms. The maximum atomic E-state index is 12.1. The molecule has 1 heterocycles. The first-order valence-electron chi connectivity index (χ1n) is 9.23. The molecule has 2 aromatic carbocycles. The van der Waals surface area contributed by atoms with Crippen molar-refractivity contribution in [2.45, 2.75) is 26.7 Å². The van der Waals surface area contributed by atoms with Gasteiger partial charge in [-0.1, -0.05) is 44.2 Å². The van der Waals surface area contributed by atoms with Crippen LogP contribution in [0.15, 0.2) is 53.3 Å². The van der Waals surface area contributed by atoms with E-state index in [-0.39, 0.29) is 5.56 Å². The van der Waals surface area contributed by atoms with E-state index in [2.05, 4.69) is 53.0 Å². The minimum Gasteiger partial charge on any atom is -0.372 e. The monoisotopic (exact) mass is 347 g/mol. The summed E-state index contributed by atoms with van der Waals surface area (Å²) in [6.45, 7) is 6.56. The summed E-state index contributed by atoms with van der Waals surface area (Å²) in [6, 6.07) is 15.9. The number of anilines is 1. The molecule has 0 amide bonds. The second-order valence-electron chi connectivity index (χ2n) is 6.38. The molecule has 1 N–H and O–H groups in total. The summed E-state index contributed by atoms with van der Waals surface area (Å²) in [6.07, 6.45) is 6.10. The largest absolute Gasteiger partial charge is 0.372 e. The molecule has 4 nitrogen and oxygen atoms in total. The van der Waals surface area contributed by atoms with Crippen LogP contribution in [0.25, 0.3) is 23.1 Å². The van der Waals surface area contributed by atoms with Gasteiger partial charge in [-0.2, -0.15) is 0 Å². The fourth-order valence-corrected chi connectivity index (χ4v) is 3.06. The van der Waals surface area contributed by atoms with Gasteiger partial charge in [-0.25, -0.2) is 4.98 Å². The summed E-state index contributed by atoms with van der Waals surface area (Å²) in [4.78, 5) is 21.8. The van der Waals surface area contributed by atoms with E-state index in [1.165, 1.54) is 5.69 Å². The molecule has 4 heteroatoms. The van der Waals surface area contributed by atoms with Crippen molar-refractivity contribution in [3.05, 3.63) is 70.3 Å². The lowest BCUT2D eigenvalue weighted by atomic mass is 10.1. The number of H-pyrrole nitrogens is 1. The van der Waals surface area contributed by atoms with Crippen LogP contribution in [0.4, 0.5) is 5.69 Å². The van der Waals surface area contributed by atoms with Crippen LogP contribution >= 0.6 is 0 Å². The van der Waals surface area contributed by atoms with Crippen molar-refractivity contribution in [3.8, 4) is 0 Å². The van der Waals surface area contributed by atoms with Crippen molar-refractivity contribution in [2.24, 2.45) is 0 Å². The van der Waals surface area contributed by atoms with E-state index in [0.717, 1.165) is 31.5 Å². The lowest BCUT2D eigenvalue weighted by Crippen LogP contribution is -2.24. The summed E-state index contributed by atoms with van der Waals surface area (Å²) in [5.41, 5.74) is 2.93. The zero-order valence-corrected chi connectivity index (χ0v) is 15.4. The number of aromatic amines is 1. The van der Waals surface area contributed by atoms with Gasteiger partial charge in [0.1, 0.15) is 5.82 Å². The van der Waals surface area contributed by atoms with E-state index in [4.69, 9.17) is 0 Å². The second kappa shape index (κ2) is 8.48. The fraction of sp³-hybridized carbons (Fsp3) is 0.273. The SMILES string of the molecule is CCCN(CCC)c1ccc(/C=C/c2nc3ccccc3c(=O)[nH]2)cc1. The van der Waals surface area contributed by atoms with Gasteiger partial charge in [0.15, 0.2) is 0 Å². The lowest BCUT2D eigenvalue weighted by Gasteiger charge is -2.23. The summed E-state index contributed by atoms with van der Waals surface area (Å²) >= 11 is 0. The fourth-order valence-electron chi connectivity index (χ4n) is 3.06. The van der Waals surface area contributed by atoms with Gasteiger partial charge in [-0.3, -0.25) is 4.79 Å². The highest BCUT2D eigenvalue weighted by Gasteiger charge is 2.04. The molecule has 0 aliphatic rings. The molecule has 3 rings (SSSR count). The number of hydrogen-bond acceptors (Lipinski definition) is 3. The highest BCUT2D eigenvalue weighted by molar-refractivity contribution is 5.79. The Labute approximate surface area is 154 Å². The van der Waals surface area contributed by atoms with Gasteiger partial charge < -0.3 is 9.88 Å². The average Bonchev–Trinajstić information content (AvgIpc) is 2.67. The van der Waals surface area contributed by atoms with Gasteiger partial charge in [0.25, 0.3) is 5.56 Å². The summed E-state index contributed by atoms with van der Waals surface area (Å²) < 4.78 is 0. The standard InChI is InChI=1S/C22H25N3O/c1-3-15-25(16-4-2)18-12-9-17(10-13-18)11-14-21-23-20-8-6-5-7-19(20)22(26)24-21/h5-14H,3-4,15-16H2,1-2H3,(H,23,24,26)/b14-11+. The Hall–Kier alpha value is -2.88. The molecule has 134 valence electrons. The molecule has 1 aromatic heterocycles. The van der Waals surface area contributed by atoms with Gasteiger partial charge >= 0.3 is 0 Å². The third kappa shape index (κ3) is 4.20. The van der Waals surface area contributed by atoms with Gasteiger partial charge in [0, 0.05) is 18.8 Å². The number of para-hydroxylation sites is 1. The predicted octanol–water partition coefficient (Wildman–Crippen LogP) is 4.72. The van der Waals surface area contributed by atoms with E-state index in [9.17, 15) is 4.79 Å². The Bertz CT molecular complexity index is 936. The highest BCUT2D eigenvalue weighted by atomic mass is 16.1. The maximum absolute atomic E-state index is 12.1. The van der Waals surface area contributed by atoms with Crippen LogP contribution in [0.5, 0.6) is 0 Å². The maximum Gasteiger partial charge on any atom is 0.259 e. The van der Waals surface area contributed by atoms with E-state index >= 15 is 0 Å². The predicted molar refractivity (Wildman–Crippen MR) is 111 cm³/mol. The number of nitrogens with zero attached hydrogens (tertiary/aromatic N) is 2. The van der Waals surface area contributed by atoms with Crippen LogP contribution in [0.3, 0.4) is 0 Å². The van der Waals surface area contributed by atoms with Gasteiger partial charge in [0.05, 0.1) is 10.9 Å². The average molecular weight is 347 g/mol. The van der Waals surface area contributed by atoms with Crippen LogP contribution in [0.1, 0.15) is 38.1 Å². The first-order chi connectivity index (χ1) is 12.7. The molecule has 0 radical (unpaired) electrons. The molecule has 0 fully saturated rings. The minimum atomic E-state index is -0.111. The molecular formula is C22H25N3O. The smallest absolute Gasteiger partial charge is 0.259 e. The topological polar surface area (TPSA) is 49.0 Å². The summed E-state index contributed by atoms with van der Waals surface area (Å²) in [5.74, 6) is 0.566. The van der Waals surface area contributed by atoms with Crippen LogP contribution < -0.4 is 10.5 Å². The number of fused-ring (bicyclic) bond motifs is 1. The Morgan fingerprint density at radius 2 is 1.65 bits per heavy atom. The first-order valence-corrected chi connectivity index (χ1v) is 9.23. The highest BCUT2D eigenvalue weighted by Crippen LogP contribution is 2.17. The Kier molecular flexibility index (Phi) is 5.84. The molecule has 0 saturated heterocycles. The number of benzene rings is 2. The zero-order chi connectivity index (χ0) is 18.4. The van der Waals surface area contributed by atoms with E-state index in [1.807, 2.05) is 30.4 Å². The van der Waals surface area contributed by atoms with Crippen molar-refractivity contribution < 1.29 is 0 Å². The van der Waals surface area contributed by atoms with Crippen LogP contribution in [-0.4, -0.2) is 23.1 Å². The van der Waals surface area contributed by atoms with Crippen molar-refractivity contribution in [1.82, 2.24) is 9.97 Å². The van der Waals surface area contributed by atoms with Crippen LogP contribution in [0.2, 0.25) is 0 Å². The minimum absolute atomic E-state index is 0.111. The molecule has 0 atom stereocenters. The lowest BCUT2D eigenvalue weighted by molar-refractivity contribution is 0.745. The van der Waals surface area contributed by atoms with Crippen LogP contribution in [0, 0.1) is 0 Å². The first kappa shape index (κ1) is 17.9. The quantitative estimate of drug-likeness (QED) is 0.673.